The Kier molecular flexibility index (Phi) is 6.19. The molecule has 1 amide bonds. The summed E-state index contributed by atoms with van der Waals surface area (Å²) in [6, 6.07) is 5.94. The SMILES string of the molecule is COC(=O)Nc1cc(Nc2nc(NC3CC3)c3ncc(C#N)n3n2)c(Cl)c(N2CCN(C)CC2)c1. The lowest BCUT2D eigenvalue weighted by Gasteiger charge is -2.35. The maximum atomic E-state index is 11.9. The second-order valence-corrected chi connectivity index (χ2v) is 8.96. The van der Waals surface area contributed by atoms with Crippen molar-refractivity contribution in [2.75, 3.05) is 61.2 Å². The third kappa shape index (κ3) is 4.87. The fourth-order valence-electron chi connectivity index (χ4n) is 3.87. The molecule has 2 aliphatic rings. The summed E-state index contributed by atoms with van der Waals surface area (Å²) in [6.07, 6.45) is 2.97. The number of ether oxygens (including phenoxy) is 1. The minimum Gasteiger partial charge on any atom is -0.453 e. The number of benzene rings is 1. The average Bonchev–Trinajstić information content (AvgIpc) is 3.57. The van der Waals surface area contributed by atoms with Gasteiger partial charge in [-0.3, -0.25) is 5.32 Å². The number of likely N-dealkylation sites (N-methyl/N-ethyl adjacent to an activating group) is 1. The van der Waals surface area contributed by atoms with Crippen LogP contribution < -0.4 is 20.9 Å². The number of nitrogens with zero attached hydrogens (tertiary/aromatic N) is 7. The van der Waals surface area contributed by atoms with E-state index in [-0.39, 0.29) is 11.6 Å². The Morgan fingerprint density at radius 3 is 2.71 bits per heavy atom. The molecule has 1 aliphatic heterocycles. The maximum Gasteiger partial charge on any atom is 0.411 e. The number of hydrogen-bond donors (Lipinski definition) is 3. The Labute approximate surface area is 206 Å². The molecule has 5 rings (SSSR count). The summed E-state index contributed by atoms with van der Waals surface area (Å²) in [5.41, 5.74) is 2.55. The quantitative estimate of drug-likeness (QED) is 0.467. The van der Waals surface area contributed by atoms with Gasteiger partial charge in [-0.1, -0.05) is 11.6 Å². The zero-order valence-corrected chi connectivity index (χ0v) is 20.1. The van der Waals surface area contributed by atoms with Crippen LogP contribution in [-0.2, 0) is 4.74 Å². The van der Waals surface area contributed by atoms with Gasteiger partial charge in [-0.2, -0.15) is 14.8 Å². The highest BCUT2D eigenvalue weighted by Gasteiger charge is 2.25. The molecule has 3 N–H and O–H groups in total. The minimum absolute atomic E-state index is 0.233. The number of fused-ring (bicyclic) bond motifs is 1. The summed E-state index contributed by atoms with van der Waals surface area (Å²) in [5, 5.41) is 23.7. The Bertz CT molecular complexity index is 1310. The lowest BCUT2D eigenvalue weighted by molar-refractivity contribution is 0.187. The number of nitriles is 1. The normalized spacial score (nSPS) is 16.1. The summed E-state index contributed by atoms with van der Waals surface area (Å²) in [4.78, 5) is 25.2. The third-order valence-corrected chi connectivity index (χ3v) is 6.37. The highest BCUT2D eigenvalue weighted by atomic mass is 35.5. The zero-order chi connectivity index (χ0) is 24.5. The van der Waals surface area contributed by atoms with Crippen molar-refractivity contribution in [2.24, 2.45) is 0 Å². The summed E-state index contributed by atoms with van der Waals surface area (Å²) in [5.74, 6) is 0.766. The van der Waals surface area contributed by atoms with Crippen LogP contribution in [0.2, 0.25) is 5.02 Å². The molecule has 1 saturated heterocycles. The van der Waals surface area contributed by atoms with Crippen molar-refractivity contribution in [1.29, 1.82) is 5.26 Å². The second kappa shape index (κ2) is 9.44. The number of imidazole rings is 1. The van der Waals surface area contributed by atoms with Gasteiger partial charge in [0.15, 0.2) is 17.2 Å². The van der Waals surface area contributed by atoms with Crippen LogP contribution >= 0.6 is 11.6 Å². The van der Waals surface area contributed by atoms with Crippen molar-refractivity contribution < 1.29 is 9.53 Å². The third-order valence-electron chi connectivity index (χ3n) is 5.97. The highest BCUT2D eigenvalue weighted by Crippen LogP contribution is 2.38. The van der Waals surface area contributed by atoms with Crippen LogP contribution in [0.15, 0.2) is 18.3 Å². The largest absolute Gasteiger partial charge is 0.453 e. The first kappa shape index (κ1) is 22.9. The van der Waals surface area contributed by atoms with Crippen molar-refractivity contribution in [3.05, 3.63) is 29.0 Å². The van der Waals surface area contributed by atoms with Gasteiger partial charge in [0, 0.05) is 37.9 Å². The number of halogens is 1. The van der Waals surface area contributed by atoms with E-state index in [0.717, 1.165) is 44.7 Å². The Balaban J connectivity index is 1.54. The molecule has 0 bridgehead atoms. The first-order chi connectivity index (χ1) is 16.9. The van der Waals surface area contributed by atoms with Gasteiger partial charge in [-0.15, -0.1) is 5.10 Å². The molecule has 12 nitrogen and oxygen atoms in total. The van der Waals surface area contributed by atoms with Crippen molar-refractivity contribution in [2.45, 2.75) is 18.9 Å². The molecular formula is C22H25ClN10O2. The monoisotopic (exact) mass is 496 g/mol. The molecule has 182 valence electrons. The molecule has 0 unspecified atom stereocenters. The van der Waals surface area contributed by atoms with Crippen molar-refractivity contribution in [3.8, 4) is 6.07 Å². The van der Waals surface area contributed by atoms with E-state index in [0.29, 0.717) is 33.9 Å². The van der Waals surface area contributed by atoms with Crippen LogP contribution in [0, 0.1) is 11.3 Å². The number of nitrogens with one attached hydrogen (secondary N) is 3. The van der Waals surface area contributed by atoms with E-state index in [1.54, 1.807) is 6.07 Å². The van der Waals surface area contributed by atoms with Crippen LogP contribution in [0.25, 0.3) is 5.65 Å². The smallest absolute Gasteiger partial charge is 0.411 e. The van der Waals surface area contributed by atoms with E-state index in [1.807, 2.05) is 6.07 Å². The number of aromatic nitrogens is 4. The molecule has 0 spiro atoms. The molecule has 35 heavy (non-hydrogen) atoms. The van der Waals surface area contributed by atoms with E-state index in [9.17, 15) is 10.1 Å². The van der Waals surface area contributed by atoms with Crippen LogP contribution in [-0.4, -0.2) is 77.0 Å². The van der Waals surface area contributed by atoms with E-state index < -0.39 is 6.09 Å². The summed E-state index contributed by atoms with van der Waals surface area (Å²) in [7, 11) is 3.38. The molecule has 2 fully saturated rings. The van der Waals surface area contributed by atoms with Crippen molar-refractivity contribution in [1.82, 2.24) is 24.5 Å². The number of carbonyl (C=O) groups excluding carboxylic acids is 1. The average molecular weight is 497 g/mol. The van der Waals surface area contributed by atoms with Crippen LogP contribution in [0.1, 0.15) is 18.5 Å². The predicted octanol–water partition coefficient (Wildman–Crippen LogP) is 2.90. The van der Waals surface area contributed by atoms with E-state index in [1.165, 1.54) is 17.8 Å². The number of piperazine rings is 1. The lowest BCUT2D eigenvalue weighted by Crippen LogP contribution is -2.44. The number of carbonyl (C=O) groups is 1. The molecule has 2 aromatic heterocycles. The van der Waals surface area contributed by atoms with Gasteiger partial charge in [-0.05, 0) is 32.0 Å². The van der Waals surface area contributed by atoms with Crippen LogP contribution in [0.3, 0.4) is 0 Å². The van der Waals surface area contributed by atoms with Crippen LogP contribution in [0.5, 0.6) is 0 Å². The summed E-state index contributed by atoms with van der Waals surface area (Å²) in [6.45, 7) is 3.36. The number of amides is 1. The molecule has 0 atom stereocenters. The summed E-state index contributed by atoms with van der Waals surface area (Å²) < 4.78 is 6.22. The fraction of sp³-hybridized carbons (Fsp3) is 0.409. The van der Waals surface area contributed by atoms with Gasteiger partial charge >= 0.3 is 6.09 Å². The van der Waals surface area contributed by atoms with Gasteiger partial charge in [0.1, 0.15) is 6.07 Å². The van der Waals surface area contributed by atoms with Gasteiger partial charge in [0.05, 0.1) is 29.7 Å². The Morgan fingerprint density at radius 2 is 2.03 bits per heavy atom. The molecule has 13 heteroatoms. The minimum atomic E-state index is -0.590. The van der Waals surface area contributed by atoms with E-state index in [2.05, 4.69) is 53.9 Å². The molecule has 1 aromatic carbocycles. The number of anilines is 5. The second-order valence-electron chi connectivity index (χ2n) is 8.58. The topological polar surface area (TPSA) is 136 Å². The van der Waals surface area contributed by atoms with Gasteiger partial charge in [0.2, 0.25) is 5.95 Å². The van der Waals surface area contributed by atoms with Crippen LogP contribution in [0.4, 0.5) is 33.6 Å². The number of methoxy groups -OCH3 is 1. The van der Waals surface area contributed by atoms with Crippen molar-refractivity contribution in [3.63, 3.8) is 0 Å². The van der Waals surface area contributed by atoms with Gasteiger partial charge in [0.25, 0.3) is 0 Å². The molecule has 1 aliphatic carbocycles. The lowest BCUT2D eigenvalue weighted by atomic mass is 10.2. The Hall–Kier alpha value is -3.82. The highest BCUT2D eigenvalue weighted by molar-refractivity contribution is 6.36. The summed E-state index contributed by atoms with van der Waals surface area (Å²) >= 11 is 6.86. The molecule has 1 saturated carbocycles. The van der Waals surface area contributed by atoms with E-state index >= 15 is 0 Å². The van der Waals surface area contributed by atoms with Crippen molar-refractivity contribution >= 4 is 52.2 Å². The zero-order valence-electron chi connectivity index (χ0n) is 19.4. The molecular weight excluding hydrogens is 472 g/mol. The predicted molar refractivity (Wildman–Crippen MR) is 133 cm³/mol. The first-order valence-corrected chi connectivity index (χ1v) is 11.6. The molecule has 3 aromatic rings. The molecule has 3 heterocycles. The van der Waals surface area contributed by atoms with Gasteiger partial charge < -0.3 is 25.2 Å². The van der Waals surface area contributed by atoms with Gasteiger partial charge in [-0.25, -0.2) is 9.78 Å². The standard InChI is InChI=1S/C22H25ClN10O2/c1-31-5-7-32(8-6-31)17-10-14(27-22(34)35-2)9-16(18(17)23)28-21-29-19(26-13-3-4-13)20-25-12-15(11-24)33(20)30-21/h9-10,12-13H,3-8H2,1-2H3,(H,27,34)(H2,26,28,29,30). The fourth-order valence-corrected chi connectivity index (χ4v) is 4.14. The Morgan fingerprint density at radius 1 is 1.26 bits per heavy atom. The first-order valence-electron chi connectivity index (χ1n) is 11.3. The van der Waals surface area contributed by atoms with E-state index in [4.69, 9.17) is 16.3 Å². The maximum absolute atomic E-state index is 11.9. The number of hydrogen-bond acceptors (Lipinski definition) is 10. The molecule has 0 radical (unpaired) electrons. The number of rotatable bonds is 6.